The van der Waals surface area contributed by atoms with Crippen molar-refractivity contribution in [2.75, 3.05) is 5.32 Å². The third kappa shape index (κ3) is 4.98. The first-order chi connectivity index (χ1) is 14.3. The Bertz CT molecular complexity index is 1170. The predicted octanol–water partition coefficient (Wildman–Crippen LogP) is 5.71. The van der Waals surface area contributed by atoms with Gasteiger partial charge >= 0.3 is 0 Å². The molecule has 0 aromatic heterocycles. The van der Waals surface area contributed by atoms with Gasteiger partial charge in [0.15, 0.2) is 5.78 Å². The third-order valence-electron chi connectivity index (χ3n) is 4.38. The van der Waals surface area contributed by atoms with Crippen LogP contribution in [0.1, 0.15) is 31.8 Å². The highest BCUT2D eigenvalue weighted by atomic mass is 35.5. The summed E-state index contributed by atoms with van der Waals surface area (Å²) in [4.78, 5) is 35.3. The minimum atomic E-state index is -0.513. The summed E-state index contributed by atoms with van der Waals surface area (Å²) in [7, 11) is 0. The highest BCUT2D eigenvalue weighted by Crippen LogP contribution is 2.21. The van der Waals surface area contributed by atoms with Crippen LogP contribution in [0.15, 0.2) is 72.8 Å². The summed E-state index contributed by atoms with van der Waals surface area (Å²) >= 11 is 6.05. The average molecular weight is 421 g/mol. The number of allylic oxidation sites excluding steroid dienone is 1. The molecule has 0 saturated heterocycles. The van der Waals surface area contributed by atoms with Gasteiger partial charge in [0.2, 0.25) is 0 Å². The molecule has 0 radical (unpaired) electrons. The SMILES string of the molecule is Cc1ccc(C(=O)/C=C/c2cccc(NC(=O)c3ccccc3Cl)c2)cc1[N+](=O)[O-]. The molecule has 0 spiro atoms. The van der Waals surface area contributed by atoms with Crippen molar-refractivity contribution < 1.29 is 14.5 Å². The number of aryl methyl sites for hydroxylation is 1. The smallest absolute Gasteiger partial charge is 0.273 e. The van der Waals surface area contributed by atoms with Crippen molar-refractivity contribution in [3.8, 4) is 0 Å². The Hall–Kier alpha value is -3.77. The Morgan fingerprint density at radius 1 is 1.03 bits per heavy atom. The summed E-state index contributed by atoms with van der Waals surface area (Å²) in [5, 5.41) is 14.2. The van der Waals surface area contributed by atoms with Gasteiger partial charge in [-0.2, -0.15) is 0 Å². The average Bonchev–Trinajstić information content (AvgIpc) is 2.72. The number of anilines is 1. The second kappa shape index (κ2) is 9.15. The van der Waals surface area contributed by atoms with Crippen LogP contribution in [-0.4, -0.2) is 16.6 Å². The molecular formula is C23H17ClN2O4. The molecule has 150 valence electrons. The molecule has 0 fully saturated rings. The van der Waals surface area contributed by atoms with Gasteiger partial charge in [-0.25, -0.2) is 0 Å². The molecule has 0 heterocycles. The van der Waals surface area contributed by atoms with Gasteiger partial charge in [0.1, 0.15) is 0 Å². The van der Waals surface area contributed by atoms with E-state index in [2.05, 4.69) is 5.32 Å². The number of hydrogen-bond donors (Lipinski definition) is 1. The first-order valence-electron chi connectivity index (χ1n) is 8.98. The summed E-state index contributed by atoms with van der Waals surface area (Å²) in [5.41, 5.74) is 2.20. The molecule has 0 saturated carbocycles. The Kier molecular flexibility index (Phi) is 6.39. The van der Waals surface area contributed by atoms with Crippen LogP contribution in [0.4, 0.5) is 11.4 Å². The number of ketones is 1. The second-order valence-corrected chi connectivity index (χ2v) is 6.92. The zero-order valence-corrected chi connectivity index (χ0v) is 16.7. The molecule has 0 unspecified atom stereocenters. The van der Waals surface area contributed by atoms with Crippen LogP contribution >= 0.6 is 11.6 Å². The van der Waals surface area contributed by atoms with Crippen molar-refractivity contribution in [3.63, 3.8) is 0 Å². The van der Waals surface area contributed by atoms with E-state index in [9.17, 15) is 19.7 Å². The molecule has 0 atom stereocenters. The largest absolute Gasteiger partial charge is 0.322 e. The van der Waals surface area contributed by atoms with Crippen LogP contribution in [0.5, 0.6) is 0 Å². The van der Waals surface area contributed by atoms with E-state index in [0.29, 0.717) is 27.4 Å². The number of nitro groups is 1. The zero-order valence-electron chi connectivity index (χ0n) is 16.0. The second-order valence-electron chi connectivity index (χ2n) is 6.52. The van der Waals surface area contributed by atoms with Crippen LogP contribution in [0.25, 0.3) is 6.08 Å². The molecule has 1 amide bonds. The lowest BCUT2D eigenvalue weighted by atomic mass is 10.1. The van der Waals surface area contributed by atoms with Crippen molar-refractivity contribution in [1.82, 2.24) is 0 Å². The highest BCUT2D eigenvalue weighted by Gasteiger charge is 2.14. The lowest BCUT2D eigenvalue weighted by Gasteiger charge is -2.07. The predicted molar refractivity (Wildman–Crippen MR) is 117 cm³/mol. The van der Waals surface area contributed by atoms with Gasteiger partial charge in [0, 0.05) is 22.9 Å². The first-order valence-corrected chi connectivity index (χ1v) is 9.36. The fraction of sp³-hybridized carbons (Fsp3) is 0.0435. The number of nitrogens with one attached hydrogen (secondary N) is 1. The molecule has 0 aliphatic heterocycles. The van der Waals surface area contributed by atoms with E-state index in [1.165, 1.54) is 12.1 Å². The number of hydrogen-bond acceptors (Lipinski definition) is 4. The molecular weight excluding hydrogens is 404 g/mol. The van der Waals surface area contributed by atoms with Gasteiger partial charge in [-0.3, -0.25) is 19.7 Å². The van der Waals surface area contributed by atoms with E-state index in [1.807, 2.05) is 0 Å². The van der Waals surface area contributed by atoms with E-state index in [-0.39, 0.29) is 22.9 Å². The fourth-order valence-corrected chi connectivity index (χ4v) is 3.01. The van der Waals surface area contributed by atoms with E-state index in [0.717, 1.165) is 0 Å². The van der Waals surface area contributed by atoms with Crippen LogP contribution < -0.4 is 5.32 Å². The first kappa shape index (κ1) is 21.0. The summed E-state index contributed by atoms with van der Waals surface area (Å²) < 4.78 is 0. The highest BCUT2D eigenvalue weighted by molar-refractivity contribution is 6.34. The van der Waals surface area contributed by atoms with E-state index in [4.69, 9.17) is 11.6 Å². The van der Waals surface area contributed by atoms with E-state index >= 15 is 0 Å². The maximum atomic E-state index is 12.4. The van der Waals surface area contributed by atoms with E-state index in [1.54, 1.807) is 73.7 Å². The number of amides is 1. The summed E-state index contributed by atoms with van der Waals surface area (Å²) in [6, 6.07) is 18.0. The summed E-state index contributed by atoms with van der Waals surface area (Å²) in [6.07, 6.45) is 2.92. The van der Waals surface area contributed by atoms with Gasteiger partial charge in [-0.05, 0) is 42.8 Å². The van der Waals surface area contributed by atoms with Gasteiger partial charge in [-0.1, -0.05) is 54.1 Å². The molecule has 0 bridgehead atoms. The van der Waals surface area contributed by atoms with Gasteiger partial charge < -0.3 is 5.32 Å². The van der Waals surface area contributed by atoms with Crippen molar-refractivity contribution in [2.45, 2.75) is 6.92 Å². The topological polar surface area (TPSA) is 89.3 Å². The molecule has 3 rings (SSSR count). The number of nitro benzene ring substituents is 1. The maximum absolute atomic E-state index is 12.4. The lowest BCUT2D eigenvalue weighted by molar-refractivity contribution is -0.385. The van der Waals surface area contributed by atoms with Gasteiger partial charge in [0.05, 0.1) is 15.5 Å². The van der Waals surface area contributed by atoms with Crippen molar-refractivity contribution in [3.05, 3.63) is 110 Å². The number of rotatable bonds is 6. The van der Waals surface area contributed by atoms with Crippen LogP contribution in [0.3, 0.4) is 0 Å². The summed E-state index contributed by atoms with van der Waals surface area (Å²) in [5.74, 6) is -0.701. The minimum absolute atomic E-state index is 0.0986. The van der Waals surface area contributed by atoms with Gasteiger partial charge in [-0.15, -0.1) is 0 Å². The Labute approximate surface area is 178 Å². The number of nitrogens with zero attached hydrogens (tertiary/aromatic N) is 1. The normalized spacial score (nSPS) is 10.7. The number of halogens is 1. The minimum Gasteiger partial charge on any atom is -0.322 e. The molecule has 30 heavy (non-hydrogen) atoms. The molecule has 0 aliphatic rings. The van der Waals surface area contributed by atoms with Crippen LogP contribution in [0.2, 0.25) is 5.02 Å². The molecule has 0 aliphatic carbocycles. The lowest BCUT2D eigenvalue weighted by Crippen LogP contribution is -2.12. The zero-order chi connectivity index (χ0) is 21.7. The molecule has 3 aromatic rings. The van der Waals surface area contributed by atoms with Crippen molar-refractivity contribution in [1.29, 1.82) is 0 Å². The molecule has 6 nitrogen and oxygen atoms in total. The molecule has 3 aromatic carbocycles. The van der Waals surface area contributed by atoms with Crippen molar-refractivity contribution in [2.24, 2.45) is 0 Å². The third-order valence-corrected chi connectivity index (χ3v) is 4.71. The Morgan fingerprint density at radius 3 is 2.53 bits per heavy atom. The quantitative estimate of drug-likeness (QED) is 0.239. The summed E-state index contributed by atoms with van der Waals surface area (Å²) in [6.45, 7) is 1.62. The monoisotopic (exact) mass is 420 g/mol. The van der Waals surface area contributed by atoms with E-state index < -0.39 is 4.92 Å². The molecule has 7 heteroatoms. The standard InChI is InChI=1S/C23H17ClN2O4/c1-15-9-11-17(14-21(15)26(29)30)22(27)12-10-16-5-4-6-18(13-16)25-23(28)19-7-2-3-8-20(19)24/h2-14H,1H3,(H,25,28)/b12-10+. The number of carbonyl (C=O) groups is 2. The van der Waals surface area contributed by atoms with Crippen LogP contribution in [-0.2, 0) is 0 Å². The molecule has 1 N–H and O–H groups in total. The Morgan fingerprint density at radius 2 is 1.80 bits per heavy atom. The maximum Gasteiger partial charge on any atom is 0.273 e. The van der Waals surface area contributed by atoms with Gasteiger partial charge in [0.25, 0.3) is 11.6 Å². The number of carbonyl (C=O) groups excluding carboxylic acids is 2. The Balaban J connectivity index is 1.75. The van der Waals surface area contributed by atoms with Crippen LogP contribution in [0, 0.1) is 17.0 Å². The fourth-order valence-electron chi connectivity index (χ4n) is 2.79. The number of benzene rings is 3. The van der Waals surface area contributed by atoms with Crippen molar-refractivity contribution >= 4 is 40.7 Å².